The molecule has 0 bridgehead atoms. The van der Waals surface area contributed by atoms with Gasteiger partial charge in [-0.15, -0.1) is 0 Å². The Balaban J connectivity index is 1.63. The number of hydrogen-bond donors (Lipinski definition) is 1. The first-order valence-electron chi connectivity index (χ1n) is 8.81. The minimum Gasteiger partial charge on any atom is -0.329 e. The quantitative estimate of drug-likeness (QED) is 0.763. The first-order valence-corrected chi connectivity index (χ1v) is 8.81. The number of carbonyl (C=O) groups is 1. The molecule has 4 rings (SSSR count). The summed E-state index contributed by atoms with van der Waals surface area (Å²) < 4.78 is 0. The van der Waals surface area contributed by atoms with Crippen LogP contribution in [0.3, 0.4) is 0 Å². The van der Waals surface area contributed by atoms with Gasteiger partial charge in [0.15, 0.2) is 5.82 Å². The number of nitrogens with zero attached hydrogens (tertiary/aromatic N) is 6. The van der Waals surface area contributed by atoms with E-state index in [-0.39, 0.29) is 11.9 Å². The summed E-state index contributed by atoms with van der Waals surface area (Å²) in [5.74, 6) is 1.19. The summed E-state index contributed by atoms with van der Waals surface area (Å²) in [6, 6.07) is 7.21. The van der Waals surface area contributed by atoms with Crippen molar-refractivity contribution in [2.75, 3.05) is 11.9 Å². The lowest BCUT2D eigenvalue weighted by Gasteiger charge is -2.25. The minimum absolute atomic E-state index is 0.120. The molecule has 1 amide bonds. The van der Waals surface area contributed by atoms with Crippen LogP contribution in [0.25, 0.3) is 0 Å². The number of rotatable bonds is 4. The zero-order chi connectivity index (χ0) is 18.6. The zero-order valence-corrected chi connectivity index (χ0v) is 14.9. The van der Waals surface area contributed by atoms with Gasteiger partial charge >= 0.3 is 0 Å². The predicted molar refractivity (Wildman–Crippen MR) is 99.3 cm³/mol. The maximum atomic E-state index is 12.9. The van der Waals surface area contributed by atoms with Crippen LogP contribution in [-0.2, 0) is 0 Å². The van der Waals surface area contributed by atoms with Gasteiger partial charge in [0.2, 0.25) is 0 Å². The first kappa shape index (κ1) is 17.0. The van der Waals surface area contributed by atoms with Crippen molar-refractivity contribution in [3.63, 3.8) is 0 Å². The number of aromatic nitrogens is 5. The van der Waals surface area contributed by atoms with E-state index in [1.54, 1.807) is 29.6 Å². The Morgan fingerprint density at radius 2 is 2.04 bits per heavy atom. The lowest BCUT2D eigenvalue weighted by molar-refractivity contribution is 0.0727. The summed E-state index contributed by atoms with van der Waals surface area (Å²) in [7, 11) is 0. The molecular weight excluding hydrogens is 342 g/mol. The van der Waals surface area contributed by atoms with Crippen molar-refractivity contribution in [2.24, 2.45) is 0 Å². The van der Waals surface area contributed by atoms with Gasteiger partial charge in [0, 0.05) is 30.8 Å². The second-order valence-electron chi connectivity index (χ2n) is 6.33. The molecule has 8 heteroatoms. The Morgan fingerprint density at radius 3 is 2.85 bits per heavy atom. The Labute approximate surface area is 156 Å². The molecule has 1 aliphatic rings. The van der Waals surface area contributed by atoms with Crippen molar-refractivity contribution in [1.29, 1.82) is 0 Å². The van der Waals surface area contributed by atoms with Crippen LogP contribution in [0, 0.1) is 6.92 Å². The highest BCUT2D eigenvalue weighted by molar-refractivity contribution is 5.92. The van der Waals surface area contributed by atoms with Gasteiger partial charge in [-0.2, -0.15) is 0 Å². The number of hydrogen-bond acceptors (Lipinski definition) is 7. The van der Waals surface area contributed by atoms with Gasteiger partial charge in [-0.05, 0) is 38.0 Å². The maximum absolute atomic E-state index is 12.9. The standard InChI is InChI=1S/C19H19N7O/c1-13-4-2-6-16(24-13)25-18-17(21-9-10-22-18)15-5-3-11-26(15)19(27)14-7-8-20-12-23-14/h2,4,6-10,12,15H,3,5,11H2,1H3,(H,22,24,25). The van der Waals surface area contributed by atoms with E-state index >= 15 is 0 Å². The van der Waals surface area contributed by atoms with Crippen LogP contribution in [0.5, 0.6) is 0 Å². The third-order valence-corrected chi connectivity index (χ3v) is 4.49. The van der Waals surface area contributed by atoms with Gasteiger partial charge in [0.05, 0.1) is 6.04 Å². The van der Waals surface area contributed by atoms with Gasteiger partial charge < -0.3 is 10.2 Å². The van der Waals surface area contributed by atoms with Crippen LogP contribution in [0.15, 0.2) is 49.2 Å². The summed E-state index contributed by atoms with van der Waals surface area (Å²) >= 11 is 0. The fourth-order valence-corrected chi connectivity index (χ4v) is 3.28. The molecule has 3 aromatic rings. The van der Waals surface area contributed by atoms with E-state index in [4.69, 9.17) is 0 Å². The van der Waals surface area contributed by atoms with E-state index < -0.39 is 0 Å². The van der Waals surface area contributed by atoms with Crippen molar-refractivity contribution >= 4 is 17.5 Å². The smallest absolute Gasteiger partial charge is 0.273 e. The van der Waals surface area contributed by atoms with Crippen LogP contribution < -0.4 is 5.32 Å². The largest absolute Gasteiger partial charge is 0.329 e. The number of pyridine rings is 1. The van der Waals surface area contributed by atoms with Gasteiger partial charge in [-0.1, -0.05) is 6.07 Å². The molecule has 27 heavy (non-hydrogen) atoms. The zero-order valence-electron chi connectivity index (χ0n) is 14.9. The predicted octanol–water partition coefficient (Wildman–Crippen LogP) is 2.69. The number of likely N-dealkylation sites (tertiary alicyclic amines) is 1. The van der Waals surface area contributed by atoms with Crippen LogP contribution in [0.2, 0.25) is 0 Å². The molecule has 1 atom stereocenters. The number of nitrogens with one attached hydrogen (secondary N) is 1. The Kier molecular flexibility index (Phi) is 4.69. The Hall–Kier alpha value is -3.42. The van der Waals surface area contributed by atoms with E-state index in [2.05, 4.69) is 30.2 Å². The van der Waals surface area contributed by atoms with E-state index in [1.165, 1.54) is 6.33 Å². The lowest BCUT2D eigenvalue weighted by Crippen LogP contribution is -2.32. The van der Waals surface area contributed by atoms with Crippen molar-refractivity contribution in [2.45, 2.75) is 25.8 Å². The fourth-order valence-electron chi connectivity index (χ4n) is 3.28. The Morgan fingerprint density at radius 1 is 1.15 bits per heavy atom. The van der Waals surface area contributed by atoms with E-state index in [0.717, 1.165) is 24.2 Å². The molecule has 1 aliphatic heterocycles. The molecule has 1 fully saturated rings. The summed E-state index contributed by atoms with van der Waals surface area (Å²) in [4.78, 5) is 36.1. The topological polar surface area (TPSA) is 96.8 Å². The van der Waals surface area contributed by atoms with E-state index in [9.17, 15) is 4.79 Å². The van der Waals surface area contributed by atoms with E-state index in [1.807, 2.05) is 25.1 Å². The number of anilines is 2. The number of aryl methyl sites for hydroxylation is 1. The monoisotopic (exact) mass is 361 g/mol. The molecule has 0 aromatic carbocycles. The van der Waals surface area contributed by atoms with Gasteiger partial charge in [-0.25, -0.2) is 19.9 Å². The highest BCUT2D eigenvalue weighted by atomic mass is 16.2. The van der Waals surface area contributed by atoms with Crippen molar-refractivity contribution in [1.82, 2.24) is 29.8 Å². The van der Waals surface area contributed by atoms with E-state index in [0.29, 0.717) is 23.9 Å². The fraction of sp³-hybridized carbons (Fsp3) is 0.263. The molecule has 0 saturated carbocycles. The summed E-state index contributed by atoms with van der Waals surface area (Å²) in [5, 5.41) is 3.24. The van der Waals surface area contributed by atoms with Gasteiger partial charge in [0.1, 0.15) is 23.5 Å². The van der Waals surface area contributed by atoms with Crippen molar-refractivity contribution < 1.29 is 4.79 Å². The average molecular weight is 361 g/mol. The molecule has 0 spiro atoms. The molecule has 0 radical (unpaired) electrons. The number of carbonyl (C=O) groups excluding carboxylic acids is 1. The second-order valence-corrected chi connectivity index (χ2v) is 6.33. The molecule has 4 heterocycles. The summed E-state index contributed by atoms with van der Waals surface area (Å²) in [6.45, 7) is 2.59. The second kappa shape index (κ2) is 7.45. The Bertz CT molecular complexity index is 948. The minimum atomic E-state index is -0.159. The molecule has 1 saturated heterocycles. The maximum Gasteiger partial charge on any atom is 0.273 e. The molecule has 0 aliphatic carbocycles. The SMILES string of the molecule is Cc1cccc(Nc2nccnc2C2CCCN2C(=O)c2ccncn2)n1. The van der Waals surface area contributed by atoms with Crippen LogP contribution >= 0.6 is 0 Å². The third kappa shape index (κ3) is 3.59. The molecule has 1 unspecified atom stereocenters. The van der Waals surface area contributed by atoms with Crippen molar-refractivity contribution in [3.05, 3.63) is 66.3 Å². The van der Waals surface area contributed by atoms with Gasteiger partial charge in [0.25, 0.3) is 5.91 Å². The average Bonchev–Trinajstić information content (AvgIpc) is 3.18. The van der Waals surface area contributed by atoms with Crippen LogP contribution in [0.4, 0.5) is 11.6 Å². The summed E-state index contributed by atoms with van der Waals surface area (Å²) in [6.07, 6.45) is 7.97. The highest BCUT2D eigenvalue weighted by Gasteiger charge is 2.34. The van der Waals surface area contributed by atoms with Crippen LogP contribution in [-0.4, -0.2) is 42.3 Å². The molecule has 136 valence electrons. The normalized spacial score (nSPS) is 16.3. The van der Waals surface area contributed by atoms with Crippen LogP contribution in [0.1, 0.15) is 40.8 Å². The molecule has 1 N–H and O–H groups in total. The molecule has 3 aromatic heterocycles. The lowest BCUT2D eigenvalue weighted by atomic mass is 10.1. The highest BCUT2D eigenvalue weighted by Crippen LogP contribution is 2.35. The first-order chi connectivity index (χ1) is 13.2. The molecule has 8 nitrogen and oxygen atoms in total. The summed E-state index contributed by atoms with van der Waals surface area (Å²) in [5.41, 5.74) is 2.03. The third-order valence-electron chi connectivity index (χ3n) is 4.49. The van der Waals surface area contributed by atoms with Crippen molar-refractivity contribution in [3.8, 4) is 0 Å². The molecular formula is C19H19N7O. The van der Waals surface area contributed by atoms with Gasteiger partial charge in [-0.3, -0.25) is 9.78 Å². The number of amides is 1.